The van der Waals surface area contributed by atoms with Crippen LogP contribution in [0.25, 0.3) is 0 Å². The maximum Gasteiger partial charge on any atom is 0.262 e. The number of ether oxygens (including phenoxy) is 1. The molecule has 5 heteroatoms. The van der Waals surface area contributed by atoms with Crippen molar-refractivity contribution in [2.45, 2.75) is 13.5 Å². The molecule has 88 valence electrons. The molecule has 0 aliphatic carbocycles. The quantitative estimate of drug-likeness (QED) is 0.862. The zero-order chi connectivity index (χ0) is 12.1. The van der Waals surface area contributed by atoms with E-state index in [9.17, 15) is 0 Å². The molecule has 2 aromatic heterocycles. The lowest BCUT2D eigenvalue weighted by atomic mass is 10.3. The first-order valence-corrected chi connectivity index (χ1v) is 6.40. The molecule has 17 heavy (non-hydrogen) atoms. The highest BCUT2D eigenvalue weighted by molar-refractivity contribution is 7.80. The molecular formula is C12H12N2OS2. The van der Waals surface area contributed by atoms with E-state index in [4.69, 9.17) is 17.0 Å². The fourth-order valence-corrected chi connectivity index (χ4v) is 2.29. The van der Waals surface area contributed by atoms with Crippen LogP contribution in [0.5, 0.6) is 0 Å². The molecule has 2 aromatic rings. The summed E-state index contributed by atoms with van der Waals surface area (Å²) in [5.74, 6) is 0. The van der Waals surface area contributed by atoms with Gasteiger partial charge in [0.2, 0.25) is 0 Å². The van der Waals surface area contributed by atoms with E-state index in [0.717, 1.165) is 10.6 Å². The molecule has 2 heterocycles. The smallest absolute Gasteiger partial charge is 0.262 e. The van der Waals surface area contributed by atoms with Gasteiger partial charge < -0.3 is 10.1 Å². The molecule has 0 aliphatic rings. The molecule has 0 atom stereocenters. The first kappa shape index (κ1) is 12.0. The molecule has 0 bridgehead atoms. The number of pyridine rings is 1. The highest BCUT2D eigenvalue weighted by atomic mass is 32.1. The predicted molar refractivity (Wildman–Crippen MR) is 74.3 cm³/mol. The minimum absolute atomic E-state index is 0.385. The third-order valence-electron chi connectivity index (χ3n) is 2.05. The molecular weight excluding hydrogens is 252 g/mol. The Hall–Kier alpha value is -1.46. The molecule has 0 amide bonds. The summed E-state index contributed by atoms with van der Waals surface area (Å²) in [6, 6.07) is 5.85. The number of nitrogens with one attached hydrogen (secondary N) is 1. The second-order valence-corrected chi connectivity index (χ2v) is 4.83. The number of nitrogens with zero attached hydrogens (tertiary/aromatic N) is 1. The summed E-state index contributed by atoms with van der Waals surface area (Å²) in [5.41, 5.74) is 2.21. The maximum absolute atomic E-state index is 5.43. The number of rotatable bonds is 3. The van der Waals surface area contributed by atoms with Crippen LogP contribution in [0.3, 0.4) is 0 Å². The van der Waals surface area contributed by atoms with E-state index in [1.165, 1.54) is 5.56 Å². The summed E-state index contributed by atoms with van der Waals surface area (Å²) in [6.07, 6.45) is 3.49. The lowest BCUT2D eigenvalue weighted by Crippen LogP contribution is -2.12. The molecule has 0 radical (unpaired) electrons. The molecule has 0 fully saturated rings. The molecule has 2 rings (SSSR count). The summed E-state index contributed by atoms with van der Waals surface area (Å²) in [5, 5.41) is 6.49. The Balaban J connectivity index is 1.82. The van der Waals surface area contributed by atoms with Crippen molar-refractivity contribution in [2.24, 2.45) is 0 Å². The predicted octanol–water partition coefficient (Wildman–Crippen LogP) is 3.37. The van der Waals surface area contributed by atoms with Gasteiger partial charge in [-0.1, -0.05) is 6.07 Å². The first-order chi connectivity index (χ1) is 8.24. The second-order valence-electron chi connectivity index (χ2n) is 3.55. The van der Waals surface area contributed by atoms with Crippen molar-refractivity contribution < 1.29 is 4.74 Å². The topological polar surface area (TPSA) is 34.1 Å². The van der Waals surface area contributed by atoms with Crippen LogP contribution in [-0.4, -0.2) is 10.2 Å². The van der Waals surface area contributed by atoms with E-state index in [2.05, 4.69) is 15.7 Å². The Morgan fingerprint density at radius 3 is 3.12 bits per heavy atom. The van der Waals surface area contributed by atoms with Crippen molar-refractivity contribution >= 4 is 33.7 Å². The van der Waals surface area contributed by atoms with Gasteiger partial charge >= 0.3 is 0 Å². The van der Waals surface area contributed by atoms with Crippen LogP contribution < -0.4 is 5.32 Å². The Morgan fingerprint density at radius 2 is 2.47 bits per heavy atom. The normalized spacial score (nSPS) is 9.94. The van der Waals surface area contributed by atoms with Crippen molar-refractivity contribution in [1.82, 2.24) is 4.98 Å². The minimum Gasteiger partial charge on any atom is -0.466 e. The average molecular weight is 264 g/mol. The Labute approximate surface area is 109 Å². The Bertz CT molecular complexity index is 496. The van der Waals surface area contributed by atoms with Crippen LogP contribution in [0.15, 0.2) is 36.0 Å². The van der Waals surface area contributed by atoms with Crippen molar-refractivity contribution in [2.75, 3.05) is 5.32 Å². The summed E-state index contributed by atoms with van der Waals surface area (Å²) in [6.45, 7) is 2.48. The molecule has 0 aromatic carbocycles. The molecule has 0 aliphatic heterocycles. The fourth-order valence-electron chi connectivity index (χ4n) is 1.27. The van der Waals surface area contributed by atoms with Gasteiger partial charge in [-0.05, 0) is 42.2 Å². The van der Waals surface area contributed by atoms with Crippen molar-refractivity contribution in [3.05, 3.63) is 47.1 Å². The van der Waals surface area contributed by atoms with E-state index in [1.54, 1.807) is 23.7 Å². The summed E-state index contributed by atoms with van der Waals surface area (Å²) in [4.78, 5) is 4.01. The van der Waals surface area contributed by atoms with E-state index < -0.39 is 0 Å². The van der Waals surface area contributed by atoms with E-state index in [1.807, 2.05) is 25.1 Å². The number of thiocarbonyl (C=S) groups is 1. The number of thiophene rings is 1. The Kier molecular flexibility index (Phi) is 4.06. The van der Waals surface area contributed by atoms with Gasteiger partial charge in [-0.25, -0.2) is 0 Å². The van der Waals surface area contributed by atoms with Gasteiger partial charge in [0, 0.05) is 18.0 Å². The number of hydrogen-bond donors (Lipinski definition) is 1. The molecule has 1 N–H and O–H groups in total. The molecule has 0 unspecified atom stereocenters. The highest BCUT2D eigenvalue weighted by Gasteiger charge is 2.01. The van der Waals surface area contributed by atoms with Crippen LogP contribution in [0.2, 0.25) is 0 Å². The second kappa shape index (κ2) is 5.75. The number of anilines is 1. The minimum atomic E-state index is 0.385. The van der Waals surface area contributed by atoms with Crippen LogP contribution in [0.1, 0.15) is 11.1 Å². The van der Waals surface area contributed by atoms with E-state index in [0.29, 0.717) is 11.8 Å². The van der Waals surface area contributed by atoms with Crippen LogP contribution in [-0.2, 0) is 11.3 Å². The van der Waals surface area contributed by atoms with Crippen LogP contribution in [0, 0.1) is 6.92 Å². The monoisotopic (exact) mass is 264 g/mol. The van der Waals surface area contributed by atoms with Gasteiger partial charge in [0.25, 0.3) is 5.17 Å². The zero-order valence-electron chi connectivity index (χ0n) is 9.34. The summed E-state index contributed by atoms with van der Waals surface area (Å²) < 4.78 is 5.43. The average Bonchev–Trinajstić information content (AvgIpc) is 2.73. The van der Waals surface area contributed by atoms with Crippen LogP contribution >= 0.6 is 23.6 Å². The number of hydrogen-bond acceptors (Lipinski definition) is 4. The maximum atomic E-state index is 5.43. The van der Waals surface area contributed by atoms with Crippen molar-refractivity contribution in [1.29, 1.82) is 0 Å². The number of aromatic nitrogens is 1. The third-order valence-corrected chi connectivity index (χ3v) is 3.23. The SMILES string of the molecule is Cc1csc(NC(=S)OCc2cccnc2)c1. The van der Waals surface area contributed by atoms with Crippen molar-refractivity contribution in [3.8, 4) is 0 Å². The van der Waals surface area contributed by atoms with Gasteiger partial charge in [-0.3, -0.25) is 4.98 Å². The van der Waals surface area contributed by atoms with E-state index in [-0.39, 0.29) is 0 Å². The standard InChI is InChI=1S/C12H12N2OS2/c1-9-5-11(17-8-9)14-12(16)15-7-10-3-2-4-13-6-10/h2-6,8H,7H2,1H3,(H,14,16). The largest absolute Gasteiger partial charge is 0.466 e. The first-order valence-electron chi connectivity index (χ1n) is 5.12. The summed E-state index contributed by atoms with van der Waals surface area (Å²) >= 11 is 6.71. The Morgan fingerprint density at radius 1 is 1.59 bits per heavy atom. The van der Waals surface area contributed by atoms with Crippen LogP contribution in [0.4, 0.5) is 5.00 Å². The molecule has 3 nitrogen and oxygen atoms in total. The van der Waals surface area contributed by atoms with E-state index >= 15 is 0 Å². The number of aryl methyl sites for hydroxylation is 1. The molecule has 0 saturated heterocycles. The molecule has 0 saturated carbocycles. The van der Waals surface area contributed by atoms with Crippen molar-refractivity contribution in [3.63, 3.8) is 0 Å². The van der Waals surface area contributed by atoms with Gasteiger partial charge in [0.05, 0.1) is 5.00 Å². The fraction of sp³-hybridized carbons (Fsp3) is 0.167. The lowest BCUT2D eigenvalue weighted by molar-refractivity contribution is 0.300. The summed E-state index contributed by atoms with van der Waals surface area (Å²) in [7, 11) is 0. The highest BCUT2D eigenvalue weighted by Crippen LogP contribution is 2.19. The lowest BCUT2D eigenvalue weighted by Gasteiger charge is -2.07. The van der Waals surface area contributed by atoms with Gasteiger partial charge in [-0.15, -0.1) is 11.3 Å². The van der Waals surface area contributed by atoms with Gasteiger partial charge in [0.1, 0.15) is 6.61 Å². The molecule has 0 spiro atoms. The van der Waals surface area contributed by atoms with Gasteiger partial charge in [0.15, 0.2) is 0 Å². The third kappa shape index (κ3) is 3.80. The zero-order valence-corrected chi connectivity index (χ0v) is 11.0. The van der Waals surface area contributed by atoms with Gasteiger partial charge in [-0.2, -0.15) is 0 Å².